The maximum Gasteiger partial charge on any atom is 0.216 e. The van der Waals surface area contributed by atoms with Crippen molar-refractivity contribution in [3.63, 3.8) is 0 Å². The highest BCUT2D eigenvalue weighted by molar-refractivity contribution is 8.04. The fourth-order valence-corrected chi connectivity index (χ4v) is 4.10. The molecule has 2 aromatic carbocycles. The van der Waals surface area contributed by atoms with Gasteiger partial charge in [-0.15, -0.1) is 10.2 Å². The van der Waals surface area contributed by atoms with Crippen molar-refractivity contribution in [2.24, 2.45) is 5.10 Å². The summed E-state index contributed by atoms with van der Waals surface area (Å²) < 4.78 is 39.8. The number of allylic oxidation sites excluding steroid dienone is 1. The van der Waals surface area contributed by atoms with E-state index >= 15 is 0 Å². The van der Waals surface area contributed by atoms with E-state index in [1.807, 2.05) is 43.3 Å². The minimum atomic E-state index is -0.763. The Bertz CT molecular complexity index is 1350. The summed E-state index contributed by atoms with van der Waals surface area (Å²) in [6, 6.07) is 16.5. The zero-order valence-electron chi connectivity index (χ0n) is 16.8. The summed E-state index contributed by atoms with van der Waals surface area (Å²) in [7, 11) is 0. The zero-order chi connectivity index (χ0) is 22.1. The van der Waals surface area contributed by atoms with Crippen LogP contribution in [-0.2, 0) is 6.61 Å². The maximum atomic E-state index is 13.8. The highest BCUT2D eigenvalue weighted by Gasteiger charge is 2.23. The molecule has 0 N–H and O–H groups in total. The molecule has 3 heterocycles. The number of fused-ring (bicyclic) bond motifs is 1. The predicted octanol–water partition coefficient (Wildman–Crippen LogP) is 5.44. The van der Waals surface area contributed by atoms with Crippen molar-refractivity contribution >= 4 is 23.5 Å². The number of aromatic nitrogens is 3. The lowest BCUT2D eigenvalue weighted by Gasteiger charge is -2.16. The van der Waals surface area contributed by atoms with E-state index in [9.17, 15) is 8.78 Å². The smallest absolute Gasteiger partial charge is 0.216 e. The van der Waals surface area contributed by atoms with E-state index in [1.165, 1.54) is 17.8 Å². The summed E-state index contributed by atoms with van der Waals surface area (Å²) >= 11 is 1.44. The highest BCUT2D eigenvalue weighted by Crippen LogP contribution is 2.35. The molecule has 0 unspecified atom stereocenters. The van der Waals surface area contributed by atoms with Gasteiger partial charge in [0.2, 0.25) is 5.16 Å². The molecule has 32 heavy (non-hydrogen) atoms. The van der Waals surface area contributed by atoms with Crippen molar-refractivity contribution in [3.8, 4) is 5.75 Å². The standard InChI is InChI=1S/C23H16F2N4O2S/c1-14-26-27-23-29(14)28-22(15-5-3-2-4-6-15)21(32-23)12-17-8-9-18(31-17)13-30-20-10-7-16(24)11-19(20)25/h2-12H,13H2,1H3. The Hall–Kier alpha value is -3.72. The fraction of sp³-hybridized carbons (Fsp3) is 0.0870. The average molecular weight is 450 g/mol. The van der Waals surface area contributed by atoms with Crippen molar-refractivity contribution in [1.29, 1.82) is 0 Å². The minimum Gasteiger partial charge on any atom is -0.483 e. The van der Waals surface area contributed by atoms with Gasteiger partial charge in [0.25, 0.3) is 0 Å². The number of furan rings is 1. The predicted molar refractivity (Wildman–Crippen MR) is 116 cm³/mol. The number of thioether (sulfide) groups is 1. The summed E-state index contributed by atoms with van der Waals surface area (Å²) in [5.74, 6) is 0.316. The lowest BCUT2D eigenvalue weighted by molar-refractivity contribution is 0.257. The third-order valence-corrected chi connectivity index (χ3v) is 5.64. The summed E-state index contributed by atoms with van der Waals surface area (Å²) in [5, 5.41) is 13.7. The Balaban J connectivity index is 1.41. The Morgan fingerprint density at radius 1 is 1.06 bits per heavy atom. The molecule has 0 spiro atoms. The van der Waals surface area contributed by atoms with E-state index in [-0.39, 0.29) is 12.4 Å². The van der Waals surface area contributed by atoms with Crippen LogP contribution >= 0.6 is 11.8 Å². The minimum absolute atomic E-state index is 0.00597. The second kappa shape index (κ2) is 8.43. The number of halogens is 2. The Kier molecular flexibility index (Phi) is 5.32. The Morgan fingerprint density at radius 3 is 2.72 bits per heavy atom. The highest BCUT2D eigenvalue weighted by atomic mass is 32.2. The van der Waals surface area contributed by atoms with Crippen LogP contribution in [-0.4, -0.2) is 20.6 Å². The number of hydrogen-bond donors (Lipinski definition) is 0. The van der Waals surface area contributed by atoms with E-state index in [4.69, 9.17) is 14.3 Å². The number of hydrogen-bond acceptors (Lipinski definition) is 6. The first-order chi connectivity index (χ1) is 15.6. The molecule has 2 aromatic heterocycles. The van der Waals surface area contributed by atoms with Crippen LogP contribution in [0.1, 0.15) is 22.9 Å². The van der Waals surface area contributed by atoms with Crippen molar-refractivity contribution in [3.05, 3.63) is 100 Å². The van der Waals surface area contributed by atoms with Gasteiger partial charge in [-0.1, -0.05) is 30.3 Å². The normalized spacial score (nSPS) is 14.3. The van der Waals surface area contributed by atoms with Crippen LogP contribution in [0, 0.1) is 18.6 Å². The molecule has 0 aliphatic carbocycles. The largest absolute Gasteiger partial charge is 0.483 e. The van der Waals surface area contributed by atoms with Crippen LogP contribution in [0.2, 0.25) is 0 Å². The van der Waals surface area contributed by atoms with Crippen LogP contribution < -0.4 is 4.74 Å². The molecule has 0 bridgehead atoms. The molecule has 160 valence electrons. The van der Waals surface area contributed by atoms with Gasteiger partial charge in [0.1, 0.15) is 29.7 Å². The molecule has 0 amide bonds. The molecular weight excluding hydrogens is 434 g/mol. The van der Waals surface area contributed by atoms with Crippen LogP contribution in [0.3, 0.4) is 0 Å². The van der Waals surface area contributed by atoms with Crippen molar-refractivity contribution in [2.75, 3.05) is 0 Å². The van der Waals surface area contributed by atoms with Crippen LogP contribution in [0.15, 0.2) is 80.2 Å². The van der Waals surface area contributed by atoms with Crippen molar-refractivity contribution in [1.82, 2.24) is 14.9 Å². The molecule has 1 aliphatic rings. The number of benzene rings is 2. The topological polar surface area (TPSA) is 65.4 Å². The molecular formula is C23H16F2N4O2S. The van der Waals surface area contributed by atoms with Gasteiger partial charge in [0.05, 0.1) is 0 Å². The monoisotopic (exact) mass is 450 g/mol. The van der Waals surface area contributed by atoms with Gasteiger partial charge in [0.15, 0.2) is 17.4 Å². The first-order valence-electron chi connectivity index (χ1n) is 9.70. The Morgan fingerprint density at radius 2 is 1.91 bits per heavy atom. The van der Waals surface area contributed by atoms with Gasteiger partial charge in [-0.25, -0.2) is 8.78 Å². The molecule has 1 aliphatic heterocycles. The van der Waals surface area contributed by atoms with Gasteiger partial charge in [-0.3, -0.25) is 0 Å². The lowest BCUT2D eigenvalue weighted by atomic mass is 10.1. The molecule has 0 atom stereocenters. The molecule has 0 fully saturated rings. The molecule has 5 rings (SSSR count). The van der Waals surface area contributed by atoms with Crippen molar-refractivity contribution < 1.29 is 17.9 Å². The third-order valence-electron chi connectivity index (χ3n) is 4.67. The molecule has 0 saturated carbocycles. The van der Waals surface area contributed by atoms with Gasteiger partial charge < -0.3 is 9.15 Å². The quantitative estimate of drug-likeness (QED) is 0.405. The number of nitrogens with zero attached hydrogens (tertiary/aromatic N) is 4. The van der Waals surface area contributed by atoms with Gasteiger partial charge >= 0.3 is 0 Å². The summed E-state index contributed by atoms with van der Waals surface area (Å²) in [4.78, 5) is 0.850. The van der Waals surface area contributed by atoms with E-state index in [2.05, 4.69) is 10.2 Å². The number of ether oxygens (including phenoxy) is 1. The van der Waals surface area contributed by atoms with Crippen molar-refractivity contribution in [2.45, 2.75) is 18.7 Å². The molecule has 0 saturated heterocycles. The maximum absolute atomic E-state index is 13.8. The van der Waals surface area contributed by atoms with E-state index < -0.39 is 11.6 Å². The summed E-state index contributed by atoms with van der Waals surface area (Å²) in [6.45, 7) is 1.85. The summed E-state index contributed by atoms with van der Waals surface area (Å²) in [6.07, 6.45) is 1.87. The summed E-state index contributed by atoms with van der Waals surface area (Å²) in [5.41, 5.74) is 1.72. The lowest BCUT2D eigenvalue weighted by Crippen LogP contribution is -2.12. The molecule has 0 radical (unpaired) electrons. The van der Waals surface area contributed by atoms with E-state index in [0.717, 1.165) is 28.3 Å². The first kappa shape index (κ1) is 20.2. The van der Waals surface area contributed by atoms with Gasteiger partial charge in [-0.2, -0.15) is 9.78 Å². The first-order valence-corrected chi connectivity index (χ1v) is 10.5. The molecule has 6 nitrogen and oxygen atoms in total. The van der Waals surface area contributed by atoms with E-state index in [0.29, 0.717) is 22.5 Å². The second-order valence-electron chi connectivity index (χ2n) is 6.93. The van der Waals surface area contributed by atoms with Crippen LogP contribution in [0.5, 0.6) is 5.75 Å². The van der Waals surface area contributed by atoms with Crippen LogP contribution in [0.4, 0.5) is 8.78 Å². The third kappa shape index (κ3) is 4.06. The Labute approximate surface area is 186 Å². The second-order valence-corrected chi connectivity index (χ2v) is 7.94. The zero-order valence-corrected chi connectivity index (χ0v) is 17.6. The van der Waals surface area contributed by atoms with E-state index in [1.54, 1.807) is 16.8 Å². The SMILES string of the molecule is Cc1nnc2n1N=C(c1ccccc1)C(=Cc1ccc(COc3ccc(F)cc3F)o1)S2. The number of aryl methyl sites for hydroxylation is 1. The average Bonchev–Trinajstić information content (AvgIpc) is 3.39. The van der Waals surface area contributed by atoms with Gasteiger partial charge in [0, 0.05) is 16.5 Å². The number of rotatable bonds is 5. The van der Waals surface area contributed by atoms with Crippen LogP contribution in [0.25, 0.3) is 6.08 Å². The molecule has 4 aromatic rings. The molecule has 9 heteroatoms. The fourth-order valence-electron chi connectivity index (χ4n) is 3.13. The van der Waals surface area contributed by atoms with Gasteiger partial charge in [-0.05, 0) is 49.0 Å².